The standard InChI is InChI=1S/C13H11NO2/c15-11-3-5-14-12(8-11)9-1-2-13-10(7-9)4-6-16-13/h1-3,5,7-8H,4,6H2,(H,14,15). The number of aromatic nitrogens is 1. The molecule has 0 spiro atoms. The van der Waals surface area contributed by atoms with Crippen LogP contribution in [0.4, 0.5) is 0 Å². The summed E-state index contributed by atoms with van der Waals surface area (Å²) in [7, 11) is 0. The largest absolute Gasteiger partial charge is 0.493 e. The molecule has 1 N–H and O–H groups in total. The Morgan fingerprint density at radius 1 is 1.19 bits per heavy atom. The summed E-state index contributed by atoms with van der Waals surface area (Å²) >= 11 is 0. The minimum absolute atomic E-state index is 0.0190. The van der Waals surface area contributed by atoms with E-state index >= 15 is 0 Å². The Morgan fingerprint density at radius 2 is 2.12 bits per heavy atom. The second-order valence-electron chi connectivity index (χ2n) is 3.86. The van der Waals surface area contributed by atoms with E-state index in [9.17, 15) is 4.79 Å². The molecule has 3 nitrogen and oxygen atoms in total. The number of nitrogens with one attached hydrogen (secondary N) is 1. The van der Waals surface area contributed by atoms with Crippen molar-refractivity contribution in [3.8, 4) is 17.0 Å². The van der Waals surface area contributed by atoms with Gasteiger partial charge in [-0.2, -0.15) is 0 Å². The first-order valence-electron chi connectivity index (χ1n) is 5.28. The van der Waals surface area contributed by atoms with E-state index in [4.69, 9.17) is 4.74 Å². The van der Waals surface area contributed by atoms with Crippen LogP contribution in [0.1, 0.15) is 5.56 Å². The van der Waals surface area contributed by atoms with Crippen molar-refractivity contribution < 1.29 is 4.74 Å². The van der Waals surface area contributed by atoms with Crippen molar-refractivity contribution in [3.63, 3.8) is 0 Å². The van der Waals surface area contributed by atoms with Crippen LogP contribution in [-0.4, -0.2) is 11.6 Å². The number of hydrogen-bond acceptors (Lipinski definition) is 2. The van der Waals surface area contributed by atoms with E-state index < -0.39 is 0 Å². The van der Waals surface area contributed by atoms with E-state index in [0.717, 1.165) is 30.0 Å². The summed E-state index contributed by atoms with van der Waals surface area (Å²) in [6.07, 6.45) is 2.61. The van der Waals surface area contributed by atoms with E-state index in [1.807, 2.05) is 12.1 Å². The minimum Gasteiger partial charge on any atom is -0.493 e. The van der Waals surface area contributed by atoms with Gasteiger partial charge < -0.3 is 9.72 Å². The topological polar surface area (TPSA) is 42.1 Å². The molecule has 0 atom stereocenters. The molecule has 2 aromatic rings. The molecular weight excluding hydrogens is 202 g/mol. The van der Waals surface area contributed by atoms with Gasteiger partial charge in [0.05, 0.1) is 6.61 Å². The van der Waals surface area contributed by atoms with Crippen molar-refractivity contribution in [2.24, 2.45) is 0 Å². The van der Waals surface area contributed by atoms with Crippen molar-refractivity contribution in [3.05, 3.63) is 52.3 Å². The number of pyridine rings is 1. The maximum Gasteiger partial charge on any atom is 0.182 e. The number of benzene rings is 1. The number of rotatable bonds is 1. The van der Waals surface area contributed by atoms with Gasteiger partial charge in [-0.15, -0.1) is 0 Å². The summed E-state index contributed by atoms with van der Waals surface area (Å²) in [6, 6.07) is 9.13. The van der Waals surface area contributed by atoms with Crippen LogP contribution in [-0.2, 0) is 6.42 Å². The molecule has 80 valence electrons. The first-order chi connectivity index (χ1) is 7.83. The molecule has 1 aliphatic heterocycles. The molecular formula is C13H11NO2. The Morgan fingerprint density at radius 3 is 3.00 bits per heavy atom. The number of ether oxygens (including phenoxy) is 1. The van der Waals surface area contributed by atoms with Gasteiger partial charge in [-0.25, -0.2) is 0 Å². The average molecular weight is 213 g/mol. The quantitative estimate of drug-likeness (QED) is 0.787. The van der Waals surface area contributed by atoms with Gasteiger partial charge in [0.15, 0.2) is 5.43 Å². The summed E-state index contributed by atoms with van der Waals surface area (Å²) in [4.78, 5) is 14.3. The maximum atomic E-state index is 11.3. The van der Waals surface area contributed by atoms with Crippen LogP contribution < -0.4 is 10.2 Å². The third-order valence-electron chi connectivity index (χ3n) is 2.77. The number of aromatic amines is 1. The zero-order valence-electron chi connectivity index (χ0n) is 8.69. The second kappa shape index (κ2) is 3.52. The molecule has 16 heavy (non-hydrogen) atoms. The van der Waals surface area contributed by atoms with Crippen molar-refractivity contribution >= 4 is 0 Å². The van der Waals surface area contributed by atoms with Crippen LogP contribution in [0, 0.1) is 0 Å². The fourth-order valence-electron chi connectivity index (χ4n) is 1.97. The molecule has 0 unspecified atom stereocenters. The van der Waals surface area contributed by atoms with Gasteiger partial charge in [-0.1, -0.05) is 0 Å². The molecule has 0 saturated carbocycles. The zero-order valence-corrected chi connectivity index (χ0v) is 8.69. The van der Waals surface area contributed by atoms with Gasteiger partial charge in [0.25, 0.3) is 0 Å². The molecule has 0 saturated heterocycles. The number of H-pyrrole nitrogens is 1. The molecule has 2 heterocycles. The summed E-state index contributed by atoms with van der Waals surface area (Å²) in [5.41, 5.74) is 3.11. The average Bonchev–Trinajstić information content (AvgIpc) is 2.75. The highest BCUT2D eigenvalue weighted by Gasteiger charge is 2.12. The smallest absolute Gasteiger partial charge is 0.182 e. The normalized spacial score (nSPS) is 13.2. The molecule has 1 aromatic heterocycles. The monoisotopic (exact) mass is 213 g/mol. The first-order valence-corrected chi connectivity index (χ1v) is 5.28. The van der Waals surface area contributed by atoms with Crippen molar-refractivity contribution in [2.75, 3.05) is 6.61 Å². The van der Waals surface area contributed by atoms with E-state index in [0.29, 0.717) is 0 Å². The van der Waals surface area contributed by atoms with Crippen molar-refractivity contribution in [1.82, 2.24) is 4.98 Å². The third-order valence-corrected chi connectivity index (χ3v) is 2.77. The lowest BCUT2D eigenvalue weighted by molar-refractivity contribution is 0.357. The first kappa shape index (κ1) is 9.21. The molecule has 1 aromatic carbocycles. The van der Waals surface area contributed by atoms with Crippen LogP contribution in [0.2, 0.25) is 0 Å². The summed E-state index contributed by atoms with van der Waals surface area (Å²) in [5, 5.41) is 0. The Bertz CT molecular complexity index is 586. The van der Waals surface area contributed by atoms with E-state index in [-0.39, 0.29) is 5.43 Å². The van der Waals surface area contributed by atoms with Crippen LogP contribution in [0.25, 0.3) is 11.3 Å². The Balaban J connectivity index is 2.10. The third kappa shape index (κ3) is 1.50. The van der Waals surface area contributed by atoms with E-state index in [2.05, 4.69) is 11.1 Å². The van der Waals surface area contributed by atoms with Gasteiger partial charge in [-0.3, -0.25) is 4.79 Å². The molecule has 0 bridgehead atoms. The number of fused-ring (bicyclic) bond motifs is 1. The van der Waals surface area contributed by atoms with Crippen LogP contribution in [0.15, 0.2) is 41.3 Å². The van der Waals surface area contributed by atoms with E-state index in [1.165, 1.54) is 11.6 Å². The predicted octanol–water partition coefficient (Wildman–Crippen LogP) is 1.98. The Kier molecular flexibility index (Phi) is 2.03. The summed E-state index contributed by atoms with van der Waals surface area (Å²) < 4.78 is 5.44. The van der Waals surface area contributed by atoms with Gasteiger partial charge in [0.2, 0.25) is 0 Å². The molecule has 3 rings (SSSR count). The maximum absolute atomic E-state index is 11.3. The second-order valence-corrected chi connectivity index (χ2v) is 3.86. The Hall–Kier alpha value is -2.03. The highest BCUT2D eigenvalue weighted by molar-refractivity contribution is 5.62. The van der Waals surface area contributed by atoms with Crippen LogP contribution >= 0.6 is 0 Å². The zero-order chi connectivity index (χ0) is 11.0. The summed E-state index contributed by atoms with van der Waals surface area (Å²) in [6.45, 7) is 0.754. The van der Waals surface area contributed by atoms with Gasteiger partial charge in [0.1, 0.15) is 5.75 Å². The van der Waals surface area contributed by atoms with Crippen molar-refractivity contribution in [2.45, 2.75) is 6.42 Å². The molecule has 1 aliphatic rings. The number of hydrogen-bond donors (Lipinski definition) is 1. The predicted molar refractivity (Wildman–Crippen MR) is 61.7 cm³/mol. The molecule has 0 aliphatic carbocycles. The van der Waals surface area contributed by atoms with E-state index in [1.54, 1.807) is 12.3 Å². The summed E-state index contributed by atoms with van der Waals surface area (Å²) in [5.74, 6) is 0.960. The van der Waals surface area contributed by atoms with Crippen LogP contribution in [0.3, 0.4) is 0 Å². The Labute approximate surface area is 92.7 Å². The van der Waals surface area contributed by atoms with Gasteiger partial charge in [-0.05, 0) is 29.3 Å². The van der Waals surface area contributed by atoms with Gasteiger partial charge in [0, 0.05) is 30.4 Å². The molecule has 0 amide bonds. The lowest BCUT2D eigenvalue weighted by Gasteiger charge is -2.03. The molecule has 3 heteroatoms. The fourth-order valence-corrected chi connectivity index (χ4v) is 1.97. The van der Waals surface area contributed by atoms with Crippen molar-refractivity contribution in [1.29, 1.82) is 0 Å². The molecule has 0 fully saturated rings. The SMILES string of the molecule is O=c1cc[nH]c(-c2ccc3c(c2)CCO3)c1. The lowest BCUT2D eigenvalue weighted by atomic mass is 10.1. The highest BCUT2D eigenvalue weighted by Crippen LogP contribution is 2.29. The fraction of sp³-hybridized carbons (Fsp3) is 0.154. The highest BCUT2D eigenvalue weighted by atomic mass is 16.5. The van der Waals surface area contributed by atoms with Crippen LogP contribution in [0.5, 0.6) is 5.75 Å². The minimum atomic E-state index is 0.0190. The molecule has 0 radical (unpaired) electrons. The van der Waals surface area contributed by atoms with Gasteiger partial charge >= 0.3 is 0 Å². The lowest BCUT2D eigenvalue weighted by Crippen LogP contribution is -1.98.